The number of rotatable bonds is 5. The fourth-order valence-corrected chi connectivity index (χ4v) is 2.92. The number of aromatic nitrogens is 1. The van der Waals surface area contributed by atoms with E-state index in [1.54, 1.807) is 6.07 Å². The van der Waals surface area contributed by atoms with Gasteiger partial charge < -0.3 is 20.1 Å². The minimum absolute atomic E-state index is 0.126. The molecule has 30 heavy (non-hydrogen) atoms. The average Bonchev–Trinajstić information content (AvgIpc) is 2.73. The number of hydrogen-bond donors (Lipinski definition) is 2. The van der Waals surface area contributed by atoms with Gasteiger partial charge >= 0.3 is 12.2 Å². The number of para-hydroxylation sites is 1. The molecule has 1 aromatic heterocycles. The fourth-order valence-electron chi connectivity index (χ4n) is 2.92. The van der Waals surface area contributed by atoms with Crippen LogP contribution in [0.4, 0.5) is 18.0 Å². The highest BCUT2D eigenvalue weighted by molar-refractivity contribution is 5.74. The summed E-state index contributed by atoms with van der Waals surface area (Å²) in [6.45, 7) is 5.16. The lowest BCUT2D eigenvalue weighted by molar-refractivity contribution is -0.154. The van der Waals surface area contributed by atoms with E-state index in [0.717, 1.165) is 16.9 Å². The molecule has 0 saturated heterocycles. The molecule has 0 saturated carbocycles. The molecule has 1 atom stereocenters. The van der Waals surface area contributed by atoms with Gasteiger partial charge in [0, 0.05) is 30.8 Å². The Morgan fingerprint density at radius 2 is 2.07 bits per heavy atom. The Balaban J connectivity index is 0.00000155. The third kappa shape index (κ3) is 6.82. The van der Waals surface area contributed by atoms with Gasteiger partial charge in [0.1, 0.15) is 5.75 Å². The van der Waals surface area contributed by atoms with E-state index in [4.69, 9.17) is 4.74 Å². The second-order valence-corrected chi connectivity index (χ2v) is 6.42. The van der Waals surface area contributed by atoms with Gasteiger partial charge in [0.05, 0.1) is 12.6 Å². The third-order valence-corrected chi connectivity index (χ3v) is 4.21. The molecule has 164 valence electrons. The topological polar surface area (TPSA) is 72.5 Å². The zero-order valence-electron chi connectivity index (χ0n) is 17.2. The standard InChI is InChI=1S/C19H20F3N3O3.C2H6/c1-12-3-2-4-14-15(6-8-27-17(12)14)25-18(26)24-10-13-5-7-23-16(9-13)28-11-19(20,21)22;1-2/h2-5,7,9,15H,6,8,10-11H2,1H3,(H2,24,25,26);1-2H3. The van der Waals surface area contributed by atoms with Crippen LogP contribution in [0.1, 0.15) is 43.0 Å². The fraction of sp³-hybridized carbons (Fsp3) is 0.429. The molecular weight excluding hydrogens is 399 g/mol. The lowest BCUT2D eigenvalue weighted by Crippen LogP contribution is -2.39. The molecule has 1 aromatic carbocycles. The van der Waals surface area contributed by atoms with Crippen molar-refractivity contribution in [2.45, 2.75) is 46.0 Å². The number of alkyl halides is 3. The monoisotopic (exact) mass is 425 g/mol. The Hall–Kier alpha value is -2.97. The highest BCUT2D eigenvalue weighted by Gasteiger charge is 2.28. The molecule has 3 rings (SSSR count). The number of halogens is 3. The van der Waals surface area contributed by atoms with Crippen molar-refractivity contribution in [3.05, 3.63) is 53.2 Å². The van der Waals surface area contributed by atoms with E-state index >= 15 is 0 Å². The van der Waals surface area contributed by atoms with Crippen LogP contribution in [0.15, 0.2) is 36.5 Å². The summed E-state index contributed by atoms with van der Waals surface area (Å²) >= 11 is 0. The molecule has 2 heterocycles. The van der Waals surface area contributed by atoms with E-state index in [1.165, 1.54) is 12.3 Å². The summed E-state index contributed by atoms with van der Waals surface area (Å²) in [5.74, 6) is 0.644. The summed E-state index contributed by atoms with van der Waals surface area (Å²) in [6, 6.07) is 8.17. The van der Waals surface area contributed by atoms with Crippen molar-refractivity contribution in [1.82, 2.24) is 15.6 Å². The summed E-state index contributed by atoms with van der Waals surface area (Å²) in [6.07, 6.45) is -2.46. The van der Waals surface area contributed by atoms with Crippen molar-refractivity contribution < 1.29 is 27.4 Å². The third-order valence-electron chi connectivity index (χ3n) is 4.21. The number of benzene rings is 1. The summed E-state index contributed by atoms with van der Waals surface area (Å²) in [7, 11) is 0. The van der Waals surface area contributed by atoms with Crippen molar-refractivity contribution in [2.24, 2.45) is 0 Å². The van der Waals surface area contributed by atoms with Gasteiger partial charge in [-0.05, 0) is 24.1 Å². The summed E-state index contributed by atoms with van der Waals surface area (Å²) in [5, 5.41) is 5.60. The molecule has 0 radical (unpaired) electrons. The molecule has 2 aromatic rings. The number of carbonyl (C=O) groups is 1. The number of amides is 2. The Morgan fingerprint density at radius 3 is 2.80 bits per heavy atom. The van der Waals surface area contributed by atoms with Gasteiger partial charge in [-0.3, -0.25) is 0 Å². The van der Waals surface area contributed by atoms with Gasteiger partial charge in [-0.1, -0.05) is 32.0 Å². The van der Waals surface area contributed by atoms with Gasteiger partial charge in [-0.2, -0.15) is 13.2 Å². The van der Waals surface area contributed by atoms with Crippen LogP contribution in [0.25, 0.3) is 0 Å². The average molecular weight is 425 g/mol. The molecule has 0 spiro atoms. The number of hydrogen-bond acceptors (Lipinski definition) is 4. The minimum Gasteiger partial charge on any atom is -0.493 e. The molecule has 1 aliphatic rings. The number of nitrogens with one attached hydrogen (secondary N) is 2. The van der Waals surface area contributed by atoms with Gasteiger partial charge in [-0.25, -0.2) is 9.78 Å². The molecule has 6 nitrogen and oxygen atoms in total. The first kappa shape index (κ1) is 23.3. The number of urea groups is 1. The molecule has 1 aliphatic heterocycles. The maximum absolute atomic E-state index is 12.3. The van der Waals surface area contributed by atoms with E-state index in [2.05, 4.69) is 20.4 Å². The highest BCUT2D eigenvalue weighted by atomic mass is 19.4. The smallest absolute Gasteiger partial charge is 0.422 e. The molecule has 9 heteroatoms. The first-order valence-corrected chi connectivity index (χ1v) is 9.73. The molecule has 1 unspecified atom stereocenters. The first-order chi connectivity index (χ1) is 14.3. The van der Waals surface area contributed by atoms with Crippen LogP contribution in [-0.4, -0.2) is 30.4 Å². The zero-order valence-corrected chi connectivity index (χ0v) is 17.2. The molecule has 0 fully saturated rings. The maximum atomic E-state index is 12.3. The SMILES string of the molecule is CC.Cc1cccc2c1OCCC2NC(=O)NCc1ccnc(OCC(F)(F)F)c1. The molecular formula is C21H26F3N3O3. The first-order valence-electron chi connectivity index (χ1n) is 9.73. The Morgan fingerprint density at radius 1 is 1.30 bits per heavy atom. The molecule has 0 aliphatic carbocycles. The summed E-state index contributed by atoms with van der Waals surface area (Å²) in [5.41, 5.74) is 2.51. The lowest BCUT2D eigenvalue weighted by atomic mass is 9.98. The number of pyridine rings is 1. The Kier molecular flexibility index (Phi) is 8.32. The maximum Gasteiger partial charge on any atom is 0.422 e. The number of nitrogens with zero attached hydrogens (tertiary/aromatic N) is 1. The van der Waals surface area contributed by atoms with Crippen LogP contribution in [0.5, 0.6) is 11.6 Å². The minimum atomic E-state index is -4.44. The summed E-state index contributed by atoms with van der Waals surface area (Å²) in [4.78, 5) is 16.0. The van der Waals surface area contributed by atoms with Gasteiger partial charge in [0.25, 0.3) is 0 Å². The van der Waals surface area contributed by atoms with E-state index in [0.29, 0.717) is 18.6 Å². The van der Waals surface area contributed by atoms with Crippen molar-refractivity contribution in [3.63, 3.8) is 0 Å². The number of ether oxygens (including phenoxy) is 2. The van der Waals surface area contributed by atoms with Crippen LogP contribution in [-0.2, 0) is 6.54 Å². The number of fused-ring (bicyclic) bond motifs is 1. The van der Waals surface area contributed by atoms with E-state index in [9.17, 15) is 18.0 Å². The zero-order chi connectivity index (χ0) is 22.1. The van der Waals surface area contributed by atoms with E-state index in [1.807, 2.05) is 39.0 Å². The predicted molar refractivity (Wildman–Crippen MR) is 107 cm³/mol. The normalized spacial score (nSPS) is 15.1. The highest BCUT2D eigenvalue weighted by Crippen LogP contribution is 2.34. The van der Waals surface area contributed by atoms with Crippen LogP contribution >= 0.6 is 0 Å². The molecule has 2 N–H and O–H groups in total. The number of carbonyl (C=O) groups excluding carboxylic acids is 1. The summed E-state index contributed by atoms with van der Waals surface area (Å²) < 4.78 is 47.0. The van der Waals surface area contributed by atoms with Crippen molar-refractivity contribution in [1.29, 1.82) is 0 Å². The lowest BCUT2D eigenvalue weighted by Gasteiger charge is -2.27. The van der Waals surface area contributed by atoms with Crippen LogP contribution < -0.4 is 20.1 Å². The largest absolute Gasteiger partial charge is 0.493 e. The van der Waals surface area contributed by atoms with E-state index < -0.39 is 12.8 Å². The molecule has 2 amide bonds. The Bertz CT molecular complexity index is 844. The van der Waals surface area contributed by atoms with Crippen molar-refractivity contribution in [2.75, 3.05) is 13.2 Å². The number of aryl methyl sites for hydroxylation is 1. The van der Waals surface area contributed by atoms with Crippen molar-refractivity contribution >= 4 is 6.03 Å². The quantitative estimate of drug-likeness (QED) is 0.730. The molecule has 0 bridgehead atoms. The van der Waals surface area contributed by atoms with Gasteiger partial charge in [-0.15, -0.1) is 0 Å². The van der Waals surface area contributed by atoms with Gasteiger partial charge in [0.2, 0.25) is 5.88 Å². The second kappa shape index (κ2) is 10.7. The van der Waals surface area contributed by atoms with Crippen LogP contribution in [0, 0.1) is 6.92 Å². The predicted octanol–water partition coefficient (Wildman–Crippen LogP) is 4.68. The van der Waals surface area contributed by atoms with Gasteiger partial charge in [0.15, 0.2) is 6.61 Å². The Labute approximate surface area is 173 Å². The van der Waals surface area contributed by atoms with Crippen LogP contribution in [0.2, 0.25) is 0 Å². The second-order valence-electron chi connectivity index (χ2n) is 6.42. The van der Waals surface area contributed by atoms with E-state index in [-0.39, 0.29) is 24.5 Å². The van der Waals surface area contributed by atoms with Crippen LogP contribution in [0.3, 0.4) is 0 Å². The van der Waals surface area contributed by atoms with Crippen molar-refractivity contribution in [3.8, 4) is 11.6 Å².